The summed E-state index contributed by atoms with van der Waals surface area (Å²) in [7, 11) is -3.68. The number of aryl methyl sites for hydroxylation is 2. The molecule has 26 heavy (non-hydrogen) atoms. The summed E-state index contributed by atoms with van der Waals surface area (Å²) in [5, 5.41) is 16.0. The lowest BCUT2D eigenvalue weighted by Crippen LogP contribution is -2.39. The first kappa shape index (κ1) is 18.4. The van der Waals surface area contributed by atoms with Crippen LogP contribution >= 0.6 is 0 Å². The Morgan fingerprint density at radius 2 is 2.15 bits per heavy atom. The van der Waals surface area contributed by atoms with Crippen molar-refractivity contribution in [3.05, 3.63) is 35.3 Å². The standard InChI is InChI=1S/C17H21N5O3S/c1-12-17(13(2)25-21-12)26(23,24)22-9-4-3-6-15(11-22)20-16-8-5-7-14(10-18)19-16/h5,7-8,15H,3-4,6,9,11H2,1-2H3,(H,19,20)/t15-/m0/s1. The molecule has 2 aromatic rings. The normalized spacial score (nSPS) is 18.9. The quantitative estimate of drug-likeness (QED) is 0.872. The molecule has 0 aromatic carbocycles. The highest BCUT2D eigenvalue weighted by molar-refractivity contribution is 7.89. The maximum atomic E-state index is 13.1. The molecule has 2 aromatic heterocycles. The lowest BCUT2D eigenvalue weighted by Gasteiger charge is -2.24. The number of anilines is 1. The summed E-state index contributed by atoms with van der Waals surface area (Å²) < 4.78 is 32.7. The molecule has 138 valence electrons. The van der Waals surface area contributed by atoms with E-state index in [1.165, 1.54) is 4.31 Å². The maximum Gasteiger partial charge on any atom is 0.248 e. The average Bonchev–Trinajstić information content (AvgIpc) is 2.82. The largest absolute Gasteiger partial charge is 0.366 e. The number of nitrogens with zero attached hydrogens (tertiary/aromatic N) is 4. The van der Waals surface area contributed by atoms with Crippen LogP contribution in [0.5, 0.6) is 0 Å². The summed E-state index contributed by atoms with van der Waals surface area (Å²) in [5.74, 6) is 0.880. The van der Waals surface area contributed by atoms with Crippen LogP contribution in [0.4, 0.5) is 5.82 Å². The van der Waals surface area contributed by atoms with E-state index in [9.17, 15) is 8.42 Å². The molecular formula is C17H21N5O3S. The first-order valence-electron chi connectivity index (χ1n) is 8.48. The van der Waals surface area contributed by atoms with Crippen molar-refractivity contribution in [2.75, 3.05) is 18.4 Å². The molecule has 0 aliphatic carbocycles. The van der Waals surface area contributed by atoms with E-state index in [-0.39, 0.29) is 10.9 Å². The fourth-order valence-electron chi connectivity index (χ4n) is 3.20. The monoisotopic (exact) mass is 375 g/mol. The SMILES string of the molecule is Cc1noc(C)c1S(=O)(=O)N1CCCC[C@H](Nc2cccc(C#N)n2)C1. The summed E-state index contributed by atoms with van der Waals surface area (Å²) >= 11 is 0. The van der Waals surface area contributed by atoms with Gasteiger partial charge in [-0.1, -0.05) is 17.6 Å². The van der Waals surface area contributed by atoms with Crippen LogP contribution in [-0.2, 0) is 10.0 Å². The van der Waals surface area contributed by atoms with Gasteiger partial charge in [0, 0.05) is 19.1 Å². The lowest BCUT2D eigenvalue weighted by atomic mass is 10.1. The number of aromatic nitrogens is 2. The van der Waals surface area contributed by atoms with Gasteiger partial charge in [-0.15, -0.1) is 0 Å². The van der Waals surface area contributed by atoms with Gasteiger partial charge in [0.2, 0.25) is 10.0 Å². The highest BCUT2D eigenvalue weighted by Gasteiger charge is 2.33. The second-order valence-electron chi connectivity index (χ2n) is 6.37. The van der Waals surface area contributed by atoms with Gasteiger partial charge in [-0.05, 0) is 38.8 Å². The number of nitriles is 1. The number of pyridine rings is 1. The van der Waals surface area contributed by atoms with E-state index >= 15 is 0 Å². The van der Waals surface area contributed by atoms with Gasteiger partial charge in [0.15, 0.2) is 5.76 Å². The van der Waals surface area contributed by atoms with Crippen molar-refractivity contribution >= 4 is 15.8 Å². The average molecular weight is 375 g/mol. The highest BCUT2D eigenvalue weighted by Crippen LogP contribution is 2.26. The zero-order valence-electron chi connectivity index (χ0n) is 14.8. The molecule has 0 saturated carbocycles. The molecule has 1 N–H and O–H groups in total. The molecule has 0 unspecified atom stereocenters. The second kappa shape index (κ2) is 7.43. The number of rotatable bonds is 4. The van der Waals surface area contributed by atoms with E-state index in [2.05, 4.69) is 15.5 Å². The van der Waals surface area contributed by atoms with Gasteiger partial charge in [0.1, 0.15) is 28.2 Å². The minimum atomic E-state index is -3.68. The van der Waals surface area contributed by atoms with E-state index in [1.807, 2.05) is 6.07 Å². The summed E-state index contributed by atoms with van der Waals surface area (Å²) in [5.41, 5.74) is 0.698. The smallest absolute Gasteiger partial charge is 0.248 e. The predicted octanol–water partition coefficient (Wildman–Crippen LogP) is 2.21. The first-order chi connectivity index (χ1) is 12.4. The van der Waals surface area contributed by atoms with E-state index in [0.29, 0.717) is 36.1 Å². The van der Waals surface area contributed by atoms with Crippen molar-refractivity contribution in [3.8, 4) is 6.07 Å². The Kier molecular flexibility index (Phi) is 5.25. The highest BCUT2D eigenvalue weighted by atomic mass is 32.2. The van der Waals surface area contributed by atoms with Gasteiger partial charge < -0.3 is 9.84 Å². The second-order valence-corrected chi connectivity index (χ2v) is 8.25. The molecule has 9 heteroatoms. The van der Waals surface area contributed by atoms with Gasteiger partial charge in [-0.3, -0.25) is 0 Å². The number of hydrogen-bond donors (Lipinski definition) is 1. The summed E-state index contributed by atoms with van der Waals surface area (Å²) in [6.07, 6.45) is 2.52. The molecule has 1 fully saturated rings. The zero-order valence-corrected chi connectivity index (χ0v) is 15.6. The van der Waals surface area contributed by atoms with Crippen LogP contribution in [0.2, 0.25) is 0 Å². The van der Waals surface area contributed by atoms with Crippen molar-refractivity contribution < 1.29 is 12.9 Å². The molecule has 8 nitrogen and oxygen atoms in total. The van der Waals surface area contributed by atoms with Crippen LogP contribution < -0.4 is 5.32 Å². The van der Waals surface area contributed by atoms with Gasteiger partial charge in [-0.25, -0.2) is 13.4 Å². The van der Waals surface area contributed by atoms with Crippen LogP contribution in [-0.4, -0.2) is 42.0 Å². The zero-order chi connectivity index (χ0) is 18.7. The first-order valence-corrected chi connectivity index (χ1v) is 9.92. The van der Waals surface area contributed by atoms with Crippen LogP contribution in [0.25, 0.3) is 0 Å². The molecule has 3 rings (SSSR count). The molecule has 0 spiro atoms. The third-order valence-electron chi connectivity index (χ3n) is 4.42. The third-order valence-corrected chi connectivity index (χ3v) is 6.53. The van der Waals surface area contributed by atoms with Crippen molar-refractivity contribution in [3.63, 3.8) is 0 Å². The molecule has 1 aliphatic heterocycles. The Morgan fingerprint density at radius 3 is 2.85 bits per heavy atom. The fourth-order valence-corrected chi connectivity index (χ4v) is 5.02. The maximum absolute atomic E-state index is 13.1. The summed E-state index contributed by atoms with van der Waals surface area (Å²) in [4.78, 5) is 4.37. The molecule has 1 atom stereocenters. The van der Waals surface area contributed by atoms with Crippen LogP contribution in [0, 0.1) is 25.2 Å². The molecule has 0 radical (unpaired) electrons. The molecule has 1 aliphatic rings. The Bertz CT molecular complexity index is 913. The van der Waals surface area contributed by atoms with Gasteiger partial charge in [0.05, 0.1) is 0 Å². The number of sulfonamides is 1. The van der Waals surface area contributed by atoms with Gasteiger partial charge in [-0.2, -0.15) is 9.57 Å². The molecular weight excluding hydrogens is 354 g/mol. The van der Waals surface area contributed by atoms with Crippen molar-refractivity contribution in [2.24, 2.45) is 0 Å². The molecule has 0 amide bonds. The van der Waals surface area contributed by atoms with Crippen molar-refractivity contribution in [1.82, 2.24) is 14.4 Å². The van der Waals surface area contributed by atoms with Crippen molar-refractivity contribution in [2.45, 2.75) is 44.0 Å². The van der Waals surface area contributed by atoms with E-state index in [1.54, 1.807) is 32.0 Å². The number of nitrogens with one attached hydrogen (secondary N) is 1. The van der Waals surface area contributed by atoms with Crippen LogP contribution in [0.15, 0.2) is 27.6 Å². The Morgan fingerprint density at radius 1 is 1.35 bits per heavy atom. The minimum absolute atomic E-state index is 0.0887. The Balaban J connectivity index is 1.82. The molecule has 3 heterocycles. The Labute approximate surface area is 152 Å². The third kappa shape index (κ3) is 3.71. The van der Waals surface area contributed by atoms with Crippen molar-refractivity contribution in [1.29, 1.82) is 5.26 Å². The van der Waals surface area contributed by atoms with Gasteiger partial charge in [0.25, 0.3) is 0 Å². The minimum Gasteiger partial charge on any atom is -0.366 e. The van der Waals surface area contributed by atoms with E-state index in [4.69, 9.17) is 9.78 Å². The van der Waals surface area contributed by atoms with Gasteiger partial charge >= 0.3 is 0 Å². The van der Waals surface area contributed by atoms with Crippen LogP contribution in [0.3, 0.4) is 0 Å². The van der Waals surface area contributed by atoms with E-state index < -0.39 is 10.0 Å². The molecule has 0 bridgehead atoms. The molecule has 1 saturated heterocycles. The topological polar surface area (TPSA) is 112 Å². The lowest BCUT2D eigenvalue weighted by molar-refractivity contribution is 0.387. The Hall–Kier alpha value is -2.44. The number of hydrogen-bond acceptors (Lipinski definition) is 7. The fraction of sp³-hybridized carbons (Fsp3) is 0.471. The van der Waals surface area contributed by atoms with Crippen LogP contribution in [0.1, 0.15) is 36.4 Å². The van der Waals surface area contributed by atoms with E-state index in [0.717, 1.165) is 19.3 Å². The predicted molar refractivity (Wildman–Crippen MR) is 94.9 cm³/mol. The summed E-state index contributed by atoms with van der Waals surface area (Å²) in [6.45, 7) is 4.02. The summed E-state index contributed by atoms with van der Waals surface area (Å²) in [6, 6.07) is 7.08.